The van der Waals surface area contributed by atoms with E-state index in [1.165, 1.54) is 41.0 Å². The topological polar surface area (TPSA) is 274 Å². The summed E-state index contributed by atoms with van der Waals surface area (Å²) in [5, 5.41) is 1.16. The molecule has 0 radical (unpaired) electrons. The highest BCUT2D eigenvalue weighted by Crippen LogP contribution is 2.45. The summed E-state index contributed by atoms with van der Waals surface area (Å²) in [7, 11) is 0. The van der Waals surface area contributed by atoms with Gasteiger partial charge in [0.2, 0.25) is 17.7 Å². The van der Waals surface area contributed by atoms with E-state index in [1.54, 1.807) is 123 Å². The number of halogens is 6. The number of anilines is 5. The summed E-state index contributed by atoms with van der Waals surface area (Å²) in [6, 6.07) is 28.5. The predicted octanol–water partition coefficient (Wildman–Crippen LogP) is 18.6. The highest BCUT2D eigenvalue weighted by molar-refractivity contribution is 6.35. The number of aryl methyl sites for hydroxylation is 4. The second kappa shape index (κ2) is 40.3. The normalized spacial score (nSPS) is 18.1. The van der Waals surface area contributed by atoms with E-state index in [9.17, 15) is 28.8 Å². The number of carbonyl (C=O) groups excluding carboxylic acids is 5. The number of piperazine rings is 3. The largest absolute Gasteiger partial charge is 0.472 e. The molecule has 6 unspecified atom stereocenters. The Balaban J connectivity index is 0.000000160. The van der Waals surface area contributed by atoms with Gasteiger partial charge in [0.25, 0.3) is 11.8 Å². The van der Waals surface area contributed by atoms with Crippen molar-refractivity contribution in [2.24, 2.45) is 9.98 Å². The van der Waals surface area contributed by atoms with E-state index in [2.05, 4.69) is 58.4 Å². The molecular formula is C100H105Cl3F3N19O7. The van der Waals surface area contributed by atoms with Crippen molar-refractivity contribution in [1.29, 1.82) is 0 Å². The highest BCUT2D eigenvalue weighted by atomic mass is 35.5. The summed E-state index contributed by atoms with van der Waals surface area (Å²) < 4.78 is 52.0. The van der Waals surface area contributed by atoms with Crippen LogP contribution in [0.3, 0.4) is 0 Å². The summed E-state index contributed by atoms with van der Waals surface area (Å²) in [6.45, 7) is 41.1. The number of aliphatic imine (C=N–C) groups is 2. The highest BCUT2D eigenvalue weighted by Gasteiger charge is 2.43. The number of hydrogen-bond donors (Lipinski definition) is 0. The van der Waals surface area contributed by atoms with E-state index in [-0.39, 0.29) is 145 Å². The van der Waals surface area contributed by atoms with Gasteiger partial charge in [-0.2, -0.15) is 9.98 Å². The second-order valence-electron chi connectivity index (χ2n) is 34.3. The standard InChI is InChI=1S/C36H37ClFN7O3.2C32H34ClFN6O2/c1-8-28(46)43-16-22(7)44(17-21(43)6)34-25-15-26(37)31(24-11-9-10-12-27(24)38)41-35(25)45(36(47)42-34)32-29(19(2)3)39-33(23-13-14-48-18-23)40-30(32)20(4)5;1-6-10-26-30(19(3)13-14-35-26)40-28(42)16-36-31(39-18-20(4)38(17-21(39)5)27(41)7-2)23-15-24(33)29(37-32(23)40)22-11-8-9-12-25(22)34;1-6-10-26-30(19(3)13-14-35-26)40-18-27(41)36-31(39-17-20(4)38(16-21(39)5)28(42)7-2)23-15-24(33)29(37-32(23)40)22-11-8-9-12-25(22)34/h8-15,18-22H,1,16-17H2,2-7H3;2*7-9,11-15,20-21H,2,6,10,16-18H2,1,3-5H3. The quantitative estimate of drug-likeness (QED) is 0.0766. The second-order valence-corrected chi connectivity index (χ2v) is 35.5. The van der Waals surface area contributed by atoms with E-state index in [1.807, 2.05) is 110 Å². The fourth-order valence-electron chi connectivity index (χ4n) is 17.7. The number of fused-ring (bicyclic) bond motifs is 3. The van der Waals surface area contributed by atoms with Crippen LogP contribution in [0.2, 0.25) is 15.1 Å². The van der Waals surface area contributed by atoms with Crippen LogP contribution in [0, 0.1) is 31.3 Å². The van der Waals surface area contributed by atoms with Gasteiger partial charge in [-0.1, -0.05) is 145 Å². The van der Waals surface area contributed by atoms with Gasteiger partial charge in [0.15, 0.2) is 17.3 Å². The number of furan rings is 1. The van der Waals surface area contributed by atoms with E-state index in [4.69, 9.17) is 69.1 Å². The van der Waals surface area contributed by atoms with Crippen LogP contribution in [0.1, 0.15) is 153 Å². The monoisotopic (exact) mass is 1850 g/mol. The molecule has 3 aromatic carbocycles. The first-order valence-corrected chi connectivity index (χ1v) is 45.3. The molecule has 3 saturated heterocycles. The fraction of sp³-hybridized carbons (Fsp3) is 0.340. The molecule has 11 aromatic rings. The third-order valence-electron chi connectivity index (χ3n) is 24.2. The lowest BCUT2D eigenvalue weighted by atomic mass is 10.0. The average molecular weight is 1850 g/mol. The third-order valence-corrected chi connectivity index (χ3v) is 25.1. The molecule has 0 spiro atoms. The molecule has 0 N–H and O–H groups in total. The number of amidine groups is 2. The molecule has 5 amide bonds. The number of amides is 5. The fourth-order valence-corrected chi connectivity index (χ4v) is 18.5. The Bertz CT molecular complexity index is 6460. The Morgan fingerprint density at radius 3 is 1.42 bits per heavy atom. The molecule has 5 aliphatic rings. The lowest BCUT2D eigenvalue weighted by Gasteiger charge is -2.45. The molecule has 13 heterocycles. The molecule has 6 atom stereocenters. The molecule has 5 aliphatic heterocycles. The van der Waals surface area contributed by atoms with Gasteiger partial charge in [-0.05, 0) is 182 Å². The zero-order valence-electron chi connectivity index (χ0n) is 76.3. The van der Waals surface area contributed by atoms with Crippen molar-refractivity contribution in [3.63, 3.8) is 0 Å². The van der Waals surface area contributed by atoms with Crippen LogP contribution in [0.5, 0.6) is 0 Å². The predicted molar refractivity (Wildman–Crippen MR) is 513 cm³/mol. The van der Waals surface area contributed by atoms with Crippen molar-refractivity contribution >= 4 is 116 Å². The van der Waals surface area contributed by atoms with E-state index in [0.717, 1.165) is 41.0 Å². The lowest BCUT2D eigenvalue weighted by molar-refractivity contribution is -0.131. The molecule has 132 heavy (non-hydrogen) atoms. The maximum atomic E-state index is 15.2. The number of benzene rings is 3. The zero-order valence-corrected chi connectivity index (χ0v) is 78.5. The molecule has 32 heteroatoms. The van der Waals surface area contributed by atoms with Crippen LogP contribution < -0.4 is 20.4 Å². The van der Waals surface area contributed by atoms with Gasteiger partial charge in [0.05, 0.1) is 100 Å². The first kappa shape index (κ1) is 95.0. The number of pyridine rings is 5. The van der Waals surface area contributed by atoms with E-state index < -0.39 is 23.1 Å². The first-order chi connectivity index (χ1) is 63.2. The van der Waals surface area contributed by atoms with Crippen LogP contribution in [0.15, 0.2) is 191 Å². The Morgan fingerprint density at radius 2 is 0.947 bits per heavy atom. The number of carbonyl (C=O) groups is 5. The first-order valence-electron chi connectivity index (χ1n) is 44.2. The van der Waals surface area contributed by atoms with Crippen molar-refractivity contribution < 1.29 is 41.6 Å². The molecule has 16 rings (SSSR count). The SMILES string of the molecule is C=CC(=O)N1CC(C)N(C2=NC(=O)CN(c3c(C)ccnc3CCC)c3nc(-c4ccccc4F)c(Cl)cc32)CC1C.C=CC(=O)N1CC(C)N(C2=NCC(=O)N(c3c(C)ccnc3CCC)c3nc(-c4ccccc4F)c(Cl)cc32)CC1C.C=CC(=O)N1CC(C)N(c2nc(=O)n(-c3c(C(C)C)nc(-c4ccoc4)nc3C(C)C)c3nc(-c4ccccc4F)c(Cl)cc23)CC1C. The molecular weight excluding hydrogens is 1740 g/mol. The average Bonchev–Trinajstić information content (AvgIpc) is 0.785. The van der Waals surface area contributed by atoms with Crippen LogP contribution in [-0.4, -0.2) is 199 Å². The zero-order chi connectivity index (χ0) is 94.7. The third kappa shape index (κ3) is 18.9. The maximum absolute atomic E-state index is 15.2. The maximum Gasteiger partial charge on any atom is 0.355 e. The Kier molecular flexibility index (Phi) is 29.0. The van der Waals surface area contributed by atoms with Crippen LogP contribution >= 0.6 is 34.8 Å². The van der Waals surface area contributed by atoms with E-state index in [0.29, 0.717) is 132 Å². The number of aromatic nitrogens is 9. The van der Waals surface area contributed by atoms with Gasteiger partial charge in [-0.3, -0.25) is 43.8 Å². The van der Waals surface area contributed by atoms with Gasteiger partial charge < -0.3 is 38.7 Å². The summed E-state index contributed by atoms with van der Waals surface area (Å²) in [6.07, 6.45) is 13.6. The molecule has 0 bridgehead atoms. The van der Waals surface area contributed by atoms with E-state index >= 15 is 13.2 Å². The Labute approximate surface area is 780 Å². The van der Waals surface area contributed by atoms with Crippen molar-refractivity contribution in [3.8, 4) is 50.8 Å². The van der Waals surface area contributed by atoms with Crippen molar-refractivity contribution in [3.05, 3.63) is 260 Å². The summed E-state index contributed by atoms with van der Waals surface area (Å²) in [4.78, 5) is 143. The van der Waals surface area contributed by atoms with Crippen molar-refractivity contribution in [2.75, 3.05) is 67.1 Å². The van der Waals surface area contributed by atoms with Crippen LogP contribution in [-0.2, 0) is 36.8 Å². The molecule has 0 saturated carbocycles. The number of hydrogen-bond acceptors (Lipinski definition) is 20. The summed E-state index contributed by atoms with van der Waals surface area (Å²) in [5.41, 5.74) is 9.36. The number of nitrogens with zero attached hydrogens (tertiary/aromatic N) is 19. The smallest absolute Gasteiger partial charge is 0.355 e. The lowest BCUT2D eigenvalue weighted by Crippen LogP contribution is -2.59. The number of rotatable bonds is 17. The Morgan fingerprint density at radius 1 is 0.508 bits per heavy atom. The minimum absolute atomic E-state index is 0.0794. The molecule has 684 valence electrons. The van der Waals surface area contributed by atoms with Gasteiger partial charge in [-0.25, -0.2) is 47.5 Å². The summed E-state index contributed by atoms with van der Waals surface area (Å²) in [5.74, 6) is -0.191. The van der Waals surface area contributed by atoms with Gasteiger partial charge in [0, 0.05) is 105 Å². The van der Waals surface area contributed by atoms with Gasteiger partial charge >= 0.3 is 5.69 Å². The molecule has 26 nitrogen and oxygen atoms in total. The minimum Gasteiger partial charge on any atom is -0.472 e. The molecule has 0 aliphatic carbocycles. The molecule has 8 aromatic heterocycles. The minimum atomic E-state index is -0.597. The van der Waals surface area contributed by atoms with Crippen molar-refractivity contribution in [2.45, 2.75) is 171 Å². The van der Waals surface area contributed by atoms with Crippen LogP contribution in [0.4, 0.5) is 42.0 Å². The van der Waals surface area contributed by atoms with Crippen molar-refractivity contribution in [1.82, 2.24) is 68.9 Å². The molecule has 3 fully saturated rings. The summed E-state index contributed by atoms with van der Waals surface area (Å²) >= 11 is 20.6. The van der Waals surface area contributed by atoms with Gasteiger partial charge in [-0.15, -0.1) is 0 Å². The van der Waals surface area contributed by atoms with Gasteiger partial charge in [0.1, 0.15) is 60.1 Å². The Hall–Kier alpha value is -13.1. The van der Waals surface area contributed by atoms with Crippen LogP contribution in [0.25, 0.3) is 61.9 Å².